The Morgan fingerprint density at radius 1 is 1.17 bits per heavy atom. The van der Waals surface area contributed by atoms with E-state index in [0.717, 1.165) is 5.56 Å². The molecule has 0 saturated carbocycles. The number of carbonyl (C=O) groups excluding carboxylic acids is 1. The van der Waals surface area contributed by atoms with Crippen molar-refractivity contribution in [3.05, 3.63) is 81.9 Å². The summed E-state index contributed by atoms with van der Waals surface area (Å²) in [7, 11) is 1.62. The second-order valence-electron chi connectivity index (χ2n) is 6.43. The first-order chi connectivity index (χ1) is 14.4. The van der Waals surface area contributed by atoms with Crippen LogP contribution < -0.4 is 0 Å². The average Bonchev–Trinajstić information content (AvgIpc) is 3.30. The number of benzene rings is 2. The Balaban J connectivity index is 1.58. The number of amidine groups is 1. The van der Waals surface area contributed by atoms with E-state index in [0.29, 0.717) is 32.3 Å². The van der Waals surface area contributed by atoms with Gasteiger partial charge < -0.3 is 9.52 Å². The number of aliphatic imine (C=N–C) groups is 1. The van der Waals surface area contributed by atoms with E-state index in [1.54, 1.807) is 43.5 Å². The number of furan rings is 1. The quantitative estimate of drug-likeness (QED) is 0.541. The van der Waals surface area contributed by atoms with Crippen LogP contribution in [0.25, 0.3) is 17.4 Å². The molecule has 30 heavy (non-hydrogen) atoms. The van der Waals surface area contributed by atoms with E-state index in [1.807, 2.05) is 18.2 Å². The molecule has 2 aromatic carbocycles. The lowest BCUT2D eigenvalue weighted by atomic mass is 10.2. The van der Waals surface area contributed by atoms with Crippen LogP contribution in [0.4, 0.5) is 5.69 Å². The van der Waals surface area contributed by atoms with Crippen LogP contribution in [0.15, 0.2) is 75.0 Å². The molecule has 0 unspecified atom stereocenters. The minimum Gasteiger partial charge on any atom is -0.478 e. The third-order valence-corrected chi connectivity index (χ3v) is 5.66. The molecule has 1 aromatic heterocycles. The maximum absolute atomic E-state index is 12.6. The fourth-order valence-electron chi connectivity index (χ4n) is 2.80. The molecular formula is C22H15ClN2O4S. The number of amides is 1. The fourth-order valence-corrected chi connectivity index (χ4v) is 3.89. The van der Waals surface area contributed by atoms with Gasteiger partial charge in [-0.3, -0.25) is 9.69 Å². The zero-order chi connectivity index (χ0) is 21.3. The van der Waals surface area contributed by atoms with E-state index < -0.39 is 5.97 Å². The van der Waals surface area contributed by atoms with E-state index in [4.69, 9.17) is 21.1 Å². The Hall–Kier alpha value is -3.29. The summed E-state index contributed by atoms with van der Waals surface area (Å²) in [6.45, 7) is 0. The number of carboxylic acid groups (broad SMARTS) is 1. The number of rotatable bonds is 4. The van der Waals surface area contributed by atoms with Gasteiger partial charge in [-0.25, -0.2) is 9.79 Å². The van der Waals surface area contributed by atoms with Crippen LogP contribution in [0.3, 0.4) is 0 Å². The van der Waals surface area contributed by atoms with Crippen molar-refractivity contribution in [2.24, 2.45) is 4.99 Å². The normalized spacial score (nSPS) is 16.6. The van der Waals surface area contributed by atoms with E-state index in [-0.39, 0.29) is 11.5 Å². The summed E-state index contributed by atoms with van der Waals surface area (Å²) >= 11 is 7.12. The van der Waals surface area contributed by atoms with Crippen molar-refractivity contribution >= 4 is 52.2 Å². The van der Waals surface area contributed by atoms with Gasteiger partial charge in [0.25, 0.3) is 5.91 Å². The third-order valence-electron chi connectivity index (χ3n) is 4.35. The van der Waals surface area contributed by atoms with Gasteiger partial charge in [0.15, 0.2) is 5.17 Å². The molecule has 4 rings (SSSR count). The highest BCUT2D eigenvalue weighted by molar-refractivity contribution is 8.18. The van der Waals surface area contributed by atoms with Crippen molar-refractivity contribution in [3.8, 4) is 11.3 Å². The number of halogens is 1. The largest absolute Gasteiger partial charge is 0.478 e. The average molecular weight is 439 g/mol. The minimum atomic E-state index is -1.03. The predicted octanol–water partition coefficient (Wildman–Crippen LogP) is 5.53. The summed E-state index contributed by atoms with van der Waals surface area (Å²) in [6, 6.07) is 17.1. The van der Waals surface area contributed by atoms with Gasteiger partial charge in [-0.1, -0.05) is 17.7 Å². The minimum absolute atomic E-state index is 0.134. The molecule has 0 spiro atoms. The second-order valence-corrected chi connectivity index (χ2v) is 7.88. The van der Waals surface area contributed by atoms with Gasteiger partial charge in [0.2, 0.25) is 0 Å². The fraction of sp³-hybridized carbons (Fsp3) is 0.0455. The topological polar surface area (TPSA) is 83.1 Å². The highest BCUT2D eigenvalue weighted by Crippen LogP contribution is 2.34. The number of aromatic carboxylic acids is 1. The SMILES string of the molecule is CN1C(=O)/C(=C\c2ccc(-c3ccc(Cl)cc3)o2)SC1=Nc1cccc(C(=O)O)c1. The number of thioether (sulfide) groups is 1. The van der Waals surface area contributed by atoms with E-state index in [1.165, 1.54) is 28.8 Å². The Morgan fingerprint density at radius 3 is 2.67 bits per heavy atom. The van der Waals surface area contributed by atoms with Crippen molar-refractivity contribution in [2.45, 2.75) is 0 Å². The molecule has 1 amide bonds. The molecule has 0 bridgehead atoms. The molecule has 1 saturated heterocycles. The highest BCUT2D eigenvalue weighted by Gasteiger charge is 2.30. The van der Waals surface area contributed by atoms with Crippen molar-refractivity contribution in [1.82, 2.24) is 4.90 Å². The van der Waals surface area contributed by atoms with Crippen LogP contribution in [0.1, 0.15) is 16.1 Å². The summed E-state index contributed by atoms with van der Waals surface area (Å²) in [5, 5.41) is 10.2. The molecule has 0 radical (unpaired) electrons. The first-order valence-corrected chi connectivity index (χ1v) is 10.1. The molecule has 0 aliphatic carbocycles. The summed E-state index contributed by atoms with van der Waals surface area (Å²) in [5.74, 6) is -0.0342. The van der Waals surface area contributed by atoms with Gasteiger partial charge in [0, 0.05) is 23.7 Å². The summed E-state index contributed by atoms with van der Waals surface area (Å²) in [5.41, 5.74) is 1.48. The van der Waals surface area contributed by atoms with Crippen molar-refractivity contribution in [1.29, 1.82) is 0 Å². The number of hydrogen-bond donors (Lipinski definition) is 1. The lowest BCUT2D eigenvalue weighted by molar-refractivity contribution is -0.121. The number of nitrogens with zero attached hydrogens (tertiary/aromatic N) is 2. The lowest BCUT2D eigenvalue weighted by Crippen LogP contribution is -2.23. The molecule has 6 nitrogen and oxygen atoms in total. The van der Waals surface area contributed by atoms with Crippen LogP contribution in [0, 0.1) is 0 Å². The molecule has 2 heterocycles. The zero-order valence-corrected chi connectivity index (χ0v) is 17.3. The summed E-state index contributed by atoms with van der Waals surface area (Å²) < 4.78 is 5.84. The standard InChI is InChI=1S/C22H15ClN2O4S/c1-25-20(26)19(30-22(25)24-16-4-2-3-14(11-16)21(27)28)12-17-9-10-18(29-17)13-5-7-15(23)8-6-13/h2-12H,1H3,(H,27,28)/b19-12+,24-22?. The molecule has 3 aromatic rings. The highest BCUT2D eigenvalue weighted by atomic mass is 35.5. The van der Waals surface area contributed by atoms with Crippen LogP contribution in [0.2, 0.25) is 5.02 Å². The Morgan fingerprint density at radius 2 is 1.93 bits per heavy atom. The number of hydrogen-bond acceptors (Lipinski definition) is 5. The first-order valence-electron chi connectivity index (χ1n) is 8.86. The lowest BCUT2D eigenvalue weighted by Gasteiger charge is -2.07. The Labute approximate surface area is 181 Å². The third kappa shape index (κ3) is 4.17. The Bertz CT molecular complexity index is 1200. The maximum Gasteiger partial charge on any atom is 0.335 e. The van der Waals surface area contributed by atoms with Crippen molar-refractivity contribution in [3.63, 3.8) is 0 Å². The van der Waals surface area contributed by atoms with Gasteiger partial charge in [0.1, 0.15) is 11.5 Å². The predicted molar refractivity (Wildman–Crippen MR) is 118 cm³/mol. The molecule has 1 aliphatic heterocycles. The van der Waals surface area contributed by atoms with E-state index in [2.05, 4.69) is 4.99 Å². The Kier molecular flexibility index (Phi) is 5.48. The number of likely N-dealkylation sites (N-methyl/N-ethyl adjacent to an activating group) is 1. The zero-order valence-electron chi connectivity index (χ0n) is 15.7. The molecule has 1 aliphatic rings. The van der Waals surface area contributed by atoms with E-state index >= 15 is 0 Å². The first kappa shape index (κ1) is 20.0. The van der Waals surface area contributed by atoms with Gasteiger partial charge in [-0.05, 0) is 66.4 Å². The van der Waals surface area contributed by atoms with Gasteiger partial charge in [-0.2, -0.15) is 0 Å². The summed E-state index contributed by atoms with van der Waals surface area (Å²) in [4.78, 5) is 30.1. The monoisotopic (exact) mass is 438 g/mol. The van der Waals surface area contributed by atoms with Crippen LogP contribution in [-0.2, 0) is 4.79 Å². The molecule has 0 atom stereocenters. The van der Waals surface area contributed by atoms with E-state index in [9.17, 15) is 9.59 Å². The molecule has 1 N–H and O–H groups in total. The van der Waals surface area contributed by atoms with Gasteiger partial charge >= 0.3 is 5.97 Å². The number of carboxylic acids is 1. The van der Waals surface area contributed by atoms with Gasteiger partial charge in [-0.15, -0.1) is 0 Å². The van der Waals surface area contributed by atoms with Crippen LogP contribution >= 0.6 is 23.4 Å². The molecular weight excluding hydrogens is 424 g/mol. The molecule has 1 fully saturated rings. The van der Waals surface area contributed by atoms with Crippen LogP contribution in [-0.4, -0.2) is 34.1 Å². The molecule has 8 heteroatoms. The van der Waals surface area contributed by atoms with Crippen LogP contribution in [0.5, 0.6) is 0 Å². The second kappa shape index (κ2) is 8.22. The number of carbonyl (C=O) groups is 2. The van der Waals surface area contributed by atoms with Crippen molar-refractivity contribution in [2.75, 3.05) is 7.05 Å². The maximum atomic E-state index is 12.6. The van der Waals surface area contributed by atoms with Gasteiger partial charge in [0.05, 0.1) is 16.2 Å². The van der Waals surface area contributed by atoms with Crippen molar-refractivity contribution < 1.29 is 19.1 Å². The smallest absolute Gasteiger partial charge is 0.335 e. The molecule has 150 valence electrons. The summed E-state index contributed by atoms with van der Waals surface area (Å²) in [6.07, 6.45) is 1.67.